The van der Waals surface area contributed by atoms with Crippen LogP contribution in [0, 0.1) is 10.5 Å². The van der Waals surface area contributed by atoms with Crippen molar-refractivity contribution >= 4 is 61.5 Å². The van der Waals surface area contributed by atoms with E-state index >= 15 is 0 Å². The van der Waals surface area contributed by atoms with Gasteiger partial charge >= 0.3 is 0 Å². The number of hydrogen-bond donors (Lipinski definition) is 1. The predicted molar refractivity (Wildman–Crippen MR) is 83.9 cm³/mol. The molecule has 1 aromatic carbocycles. The van der Waals surface area contributed by atoms with Crippen molar-refractivity contribution in [1.82, 2.24) is 0 Å². The Bertz CT molecular complexity index is 567. The molecule has 0 atom stereocenters. The lowest BCUT2D eigenvalue weighted by Crippen LogP contribution is -2.11. The maximum Gasteiger partial charge on any atom is 0.266 e. The summed E-state index contributed by atoms with van der Waals surface area (Å²) in [6, 6.07) is 7.82. The second-order valence-electron chi connectivity index (χ2n) is 3.51. The molecule has 0 aliphatic carbocycles. The summed E-state index contributed by atoms with van der Waals surface area (Å²) in [5.74, 6) is -0.0730. The number of rotatable bonds is 2. The van der Waals surface area contributed by atoms with E-state index in [1.165, 1.54) is 11.3 Å². The van der Waals surface area contributed by atoms with Gasteiger partial charge in [0.25, 0.3) is 5.91 Å². The smallest absolute Gasteiger partial charge is 0.266 e. The topological polar surface area (TPSA) is 29.1 Å². The van der Waals surface area contributed by atoms with Crippen LogP contribution in [0.4, 0.5) is 5.69 Å². The van der Waals surface area contributed by atoms with E-state index in [4.69, 9.17) is 0 Å². The summed E-state index contributed by atoms with van der Waals surface area (Å²) < 4.78 is 2.00. The molecule has 0 aliphatic heterocycles. The van der Waals surface area contributed by atoms with Gasteiger partial charge in [0, 0.05) is 13.7 Å². The molecule has 0 aliphatic rings. The molecule has 0 bridgehead atoms. The van der Waals surface area contributed by atoms with E-state index in [-0.39, 0.29) is 5.91 Å². The van der Waals surface area contributed by atoms with Crippen LogP contribution < -0.4 is 5.32 Å². The van der Waals surface area contributed by atoms with Gasteiger partial charge in [-0.25, -0.2) is 0 Å². The Balaban J connectivity index is 2.22. The van der Waals surface area contributed by atoms with E-state index in [0.29, 0.717) is 4.88 Å². The fourth-order valence-corrected chi connectivity index (χ4v) is 3.50. The number of thiophene rings is 1. The summed E-state index contributed by atoms with van der Waals surface area (Å²) in [5, 5.41) is 4.81. The Hall–Kier alpha value is -0.400. The van der Waals surface area contributed by atoms with Gasteiger partial charge in [-0.3, -0.25) is 4.79 Å². The van der Waals surface area contributed by atoms with E-state index in [1.54, 1.807) is 0 Å². The van der Waals surface area contributed by atoms with Crippen LogP contribution in [-0.2, 0) is 0 Å². The standard InChI is InChI=1S/C12H9BrINOS/c1-7-6-8(14)2-3-10(7)15-12(16)11-9(13)4-5-17-11/h2-6H,1H3,(H,15,16). The summed E-state index contributed by atoms with van der Waals surface area (Å²) in [6.45, 7) is 1.99. The summed E-state index contributed by atoms with van der Waals surface area (Å²) >= 11 is 7.04. The first-order chi connectivity index (χ1) is 8.08. The highest BCUT2D eigenvalue weighted by Crippen LogP contribution is 2.25. The molecular weight excluding hydrogens is 413 g/mol. The number of benzene rings is 1. The molecule has 1 amide bonds. The predicted octanol–water partition coefficient (Wildman–Crippen LogP) is 4.68. The zero-order valence-electron chi connectivity index (χ0n) is 8.96. The Kier molecular flexibility index (Phi) is 4.22. The monoisotopic (exact) mass is 421 g/mol. The van der Waals surface area contributed by atoms with Crippen molar-refractivity contribution < 1.29 is 4.79 Å². The van der Waals surface area contributed by atoms with E-state index in [1.807, 2.05) is 36.6 Å². The van der Waals surface area contributed by atoms with E-state index in [0.717, 1.165) is 19.3 Å². The average molecular weight is 422 g/mol. The molecule has 2 rings (SSSR count). The normalized spacial score (nSPS) is 10.3. The maximum atomic E-state index is 12.0. The number of carbonyl (C=O) groups excluding carboxylic acids is 1. The van der Waals surface area contributed by atoms with Gasteiger partial charge in [-0.05, 0) is 80.7 Å². The van der Waals surface area contributed by atoms with E-state index in [9.17, 15) is 4.79 Å². The molecule has 0 unspecified atom stereocenters. The Morgan fingerprint density at radius 2 is 2.18 bits per heavy atom. The second-order valence-corrected chi connectivity index (χ2v) is 6.53. The first-order valence-electron chi connectivity index (χ1n) is 4.88. The zero-order chi connectivity index (χ0) is 12.4. The van der Waals surface area contributed by atoms with E-state index in [2.05, 4.69) is 43.8 Å². The van der Waals surface area contributed by atoms with Crippen LogP contribution in [0.15, 0.2) is 34.1 Å². The quantitative estimate of drug-likeness (QED) is 0.701. The molecule has 1 aromatic heterocycles. The lowest BCUT2D eigenvalue weighted by atomic mass is 10.2. The SMILES string of the molecule is Cc1cc(I)ccc1NC(=O)c1sccc1Br. The fourth-order valence-electron chi connectivity index (χ4n) is 1.40. The van der Waals surface area contributed by atoms with Gasteiger partial charge in [0.05, 0.1) is 0 Å². The van der Waals surface area contributed by atoms with Crippen LogP contribution in [0.2, 0.25) is 0 Å². The van der Waals surface area contributed by atoms with Crippen molar-refractivity contribution in [2.24, 2.45) is 0 Å². The molecule has 17 heavy (non-hydrogen) atoms. The largest absolute Gasteiger partial charge is 0.321 e. The molecule has 1 heterocycles. The lowest BCUT2D eigenvalue weighted by Gasteiger charge is -2.08. The van der Waals surface area contributed by atoms with Gasteiger partial charge in [-0.15, -0.1) is 11.3 Å². The molecule has 0 fully saturated rings. The average Bonchev–Trinajstić information content (AvgIpc) is 2.68. The maximum absolute atomic E-state index is 12.0. The molecule has 2 aromatic rings. The molecule has 0 saturated heterocycles. The van der Waals surface area contributed by atoms with Crippen molar-refractivity contribution in [3.63, 3.8) is 0 Å². The van der Waals surface area contributed by atoms with Crippen LogP contribution in [-0.4, -0.2) is 5.91 Å². The number of anilines is 1. The highest BCUT2D eigenvalue weighted by molar-refractivity contribution is 14.1. The van der Waals surface area contributed by atoms with Crippen molar-refractivity contribution in [3.05, 3.63) is 48.1 Å². The highest BCUT2D eigenvalue weighted by atomic mass is 127. The summed E-state index contributed by atoms with van der Waals surface area (Å²) in [6.07, 6.45) is 0. The van der Waals surface area contributed by atoms with Gasteiger partial charge in [-0.1, -0.05) is 0 Å². The molecule has 5 heteroatoms. The minimum atomic E-state index is -0.0730. The molecule has 1 N–H and O–H groups in total. The number of halogens is 2. The van der Waals surface area contributed by atoms with Crippen LogP contribution in [0.3, 0.4) is 0 Å². The minimum Gasteiger partial charge on any atom is -0.321 e. The number of aryl methyl sites for hydroxylation is 1. The third-order valence-electron chi connectivity index (χ3n) is 2.26. The first kappa shape index (κ1) is 13.0. The third kappa shape index (κ3) is 3.08. The highest BCUT2D eigenvalue weighted by Gasteiger charge is 2.12. The number of nitrogens with one attached hydrogen (secondary N) is 1. The molecule has 88 valence electrons. The Morgan fingerprint density at radius 3 is 2.76 bits per heavy atom. The third-order valence-corrected chi connectivity index (χ3v) is 4.77. The zero-order valence-corrected chi connectivity index (χ0v) is 13.5. The van der Waals surface area contributed by atoms with Crippen molar-refractivity contribution in [2.75, 3.05) is 5.32 Å². The summed E-state index contributed by atoms with van der Waals surface area (Å²) in [5.41, 5.74) is 1.92. The van der Waals surface area contributed by atoms with Gasteiger partial charge in [-0.2, -0.15) is 0 Å². The first-order valence-corrected chi connectivity index (χ1v) is 7.63. The van der Waals surface area contributed by atoms with Gasteiger partial charge in [0.1, 0.15) is 4.88 Å². The van der Waals surface area contributed by atoms with Crippen LogP contribution >= 0.6 is 49.9 Å². The van der Waals surface area contributed by atoms with Gasteiger partial charge in [0.15, 0.2) is 0 Å². The van der Waals surface area contributed by atoms with Crippen molar-refractivity contribution in [3.8, 4) is 0 Å². The second kappa shape index (κ2) is 5.49. The molecule has 0 radical (unpaired) electrons. The lowest BCUT2D eigenvalue weighted by molar-refractivity contribution is 0.103. The molecular formula is C12H9BrINOS. The summed E-state index contributed by atoms with van der Waals surface area (Å²) in [7, 11) is 0. The van der Waals surface area contributed by atoms with E-state index < -0.39 is 0 Å². The van der Waals surface area contributed by atoms with Crippen LogP contribution in [0.5, 0.6) is 0 Å². The number of amides is 1. The van der Waals surface area contributed by atoms with Gasteiger partial charge in [0.2, 0.25) is 0 Å². The Labute approximate surface area is 126 Å². The molecule has 0 spiro atoms. The molecule has 0 saturated carbocycles. The Morgan fingerprint density at radius 1 is 1.41 bits per heavy atom. The van der Waals surface area contributed by atoms with Gasteiger partial charge < -0.3 is 5.32 Å². The molecule has 2 nitrogen and oxygen atoms in total. The number of hydrogen-bond acceptors (Lipinski definition) is 2. The number of carbonyl (C=O) groups is 1. The van der Waals surface area contributed by atoms with Crippen molar-refractivity contribution in [1.29, 1.82) is 0 Å². The minimum absolute atomic E-state index is 0.0730. The van der Waals surface area contributed by atoms with Crippen LogP contribution in [0.1, 0.15) is 15.2 Å². The van der Waals surface area contributed by atoms with Crippen LogP contribution in [0.25, 0.3) is 0 Å². The fraction of sp³-hybridized carbons (Fsp3) is 0.0833. The van der Waals surface area contributed by atoms with Crippen molar-refractivity contribution in [2.45, 2.75) is 6.92 Å². The summed E-state index contributed by atoms with van der Waals surface area (Å²) in [4.78, 5) is 12.7.